The molecule has 0 saturated heterocycles. The summed E-state index contributed by atoms with van der Waals surface area (Å²) < 4.78 is 6.86. The molecule has 0 unspecified atom stereocenters. The second-order valence-electron chi connectivity index (χ2n) is 9.78. The molecule has 0 atom stereocenters. The van der Waals surface area contributed by atoms with Crippen molar-refractivity contribution in [1.29, 1.82) is 0 Å². The molecule has 0 fully saturated rings. The molecule has 0 N–H and O–H groups in total. The Morgan fingerprint density at radius 1 is 0.432 bits per heavy atom. The van der Waals surface area contributed by atoms with Crippen LogP contribution in [-0.4, -0.2) is 0 Å². The first kappa shape index (κ1) is 21.6. The Bertz CT molecular complexity index is 1920. The first-order valence-electron chi connectivity index (χ1n) is 12.8. The maximum Gasteiger partial charge on any atom is 0.143 e. The fourth-order valence-corrected chi connectivity index (χ4v) is 5.81. The summed E-state index contributed by atoms with van der Waals surface area (Å²) in [7, 11) is 0. The van der Waals surface area contributed by atoms with Gasteiger partial charge < -0.3 is 4.74 Å². The van der Waals surface area contributed by atoms with Gasteiger partial charge in [-0.3, -0.25) is 0 Å². The normalized spacial score (nSPS) is 11.5. The molecular formula is C36H26O. The van der Waals surface area contributed by atoms with Gasteiger partial charge in [0.2, 0.25) is 0 Å². The highest BCUT2D eigenvalue weighted by Gasteiger charge is 2.19. The fourth-order valence-electron chi connectivity index (χ4n) is 5.81. The minimum absolute atomic E-state index is 0.881. The van der Waals surface area contributed by atoms with Crippen LogP contribution in [0.3, 0.4) is 0 Å². The van der Waals surface area contributed by atoms with Gasteiger partial charge in [0.15, 0.2) is 0 Å². The van der Waals surface area contributed by atoms with E-state index in [0.717, 1.165) is 27.7 Å². The van der Waals surface area contributed by atoms with E-state index in [1.807, 2.05) is 0 Å². The minimum Gasteiger partial charge on any atom is -0.455 e. The minimum atomic E-state index is 0.881. The molecule has 0 heterocycles. The molecule has 1 nitrogen and oxygen atoms in total. The molecule has 7 aromatic rings. The molecule has 0 spiro atoms. The number of hydrogen-bond acceptors (Lipinski definition) is 1. The third-order valence-corrected chi connectivity index (χ3v) is 7.66. The van der Waals surface area contributed by atoms with Crippen LogP contribution in [0, 0.1) is 13.8 Å². The van der Waals surface area contributed by atoms with Gasteiger partial charge in [0.05, 0.1) is 0 Å². The Balaban J connectivity index is 1.55. The maximum absolute atomic E-state index is 6.86. The zero-order valence-electron chi connectivity index (χ0n) is 21.0. The van der Waals surface area contributed by atoms with Gasteiger partial charge >= 0.3 is 0 Å². The van der Waals surface area contributed by atoms with Crippen LogP contribution >= 0.6 is 0 Å². The summed E-state index contributed by atoms with van der Waals surface area (Å²) in [5.41, 5.74) is 5.07. The van der Waals surface area contributed by atoms with Crippen molar-refractivity contribution in [3.05, 3.63) is 132 Å². The topological polar surface area (TPSA) is 9.23 Å². The molecule has 0 aliphatic heterocycles. The first-order chi connectivity index (χ1) is 18.2. The monoisotopic (exact) mass is 474 g/mol. The van der Waals surface area contributed by atoms with Crippen molar-refractivity contribution >= 4 is 43.1 Å². The maximum atomic E-state index is 6.86. The number of benzene rings is 7. The van der Waals surface area contributed by atoms with Crippen LogP contribution < -0.4 is 4.74 Å². The van der Waals surface area contributed by atoms with Crippen molar-refractivity contribution in [2.45, 2.75) is 13.8 Å². The van der Waals surface area contributed by atoms with E-state index in [2.05, 4.69) is 135 Å². The highest BCUT2D eigenvalue weighted by atomic mass is 16.5. The lowest BCUT2D eigenvalue weighted by atomic mass is 9.87. The van der Waals surface area contributed by atoms with Crippen molar-refractivity contribution in [3.63, 3.8) is 0 Å². The Kier molecular flexibility index (Phi) is 4.97. The average molecular weight is 475 g/mol. The highest BCUT2D eigenvalue weighted by molar-refractivity contribution is 6.18. The number of fused-ring (bicyclic) bond motifs is 4. The van der Waals surface area contributed by atoms with E-state index in [4.69, 9.17) is 4.74 Å². The number of hydrogen-bond donors (Lipinski definition) is 0. The summed E-state index contributed by atoms with van der Waals surface area (Å²) in [5.74, 6) is 1.79. The van der Waals surface area contributed by atoms with E-state index in [1.54, 1.807) is 0 Å². The summed E-state index contributed by atoms with van der Waals surface area (Å²) in [6.45, 7) is 4.39. The molecule has 0 aromatic heterocycles. The standard InChI is InChI=1S/C36H26O/c1-23-19-22-34(29-14-6-5-12-26(23)29)37-36-32-17-9-7-15-30(32)35(31-16-8-10-18-33(31)36)28-21-20-25-11-3-4-13-27(25)24(28)2/h3-22H,1-2H3. The van der Waals surface area contributed by atoms with E-state index in [0.29, 0.717) is 0 Å². The van der Waals surface area contributed by atoms with E-state index in [9.17, 15) is 0 Å². The van der Waals surface area contributed by atoms with Gasteiger partial charge in [-0.25, -0.2) is 0 Å². The highest BCUT2D eigenvalue weighted by Crippen LogP contribution is 2.46. The molecule has 0 aliphatic rings. The lowest BCUT2D eigenvalue weighted by Crippen LogP contribution is -1.94. The van der Waals surface area contributed by atoms with Gasteiger partial charge in [-0.1, -0.05) is 115 Å². The van der Waals surface area contributed by atoms with Crippen molar-refractivity contribution in [1.82, 2.24) is 0 Å². The average Bonchev–Trinajstić information content (AvgIpc) is 2.95. The van der Waals surface area contributed by atoms with Crippen LogP contribution in [0.25, 0.3) is 54.2 Å². The van der Waals surface area contributed by atoms with Gasteiger partial charge in [0.1, 0.15) is 11.5 Å². The molecule has 1 heteroatoms. The predicted octanol–water partition coefficient (Wildman–Crippen LogP) is 10.4. The Hall–Kier alpha value is -4.62. The van der Waals surface area contributed by atoms with Crippen molar-refractivity contribution in [2.24, 2.45) is 0 Å². The quantitative estimate of drug-likeness (QED) is 0.231. The molecule has 37 heavy (non-hydrogen) atoms. The van der Waals surface area contributed by atoms with Crippen LogP contribution in [-0.2, 0) is 0 Å². The lowest BCUT2D eigenvalue weighted by Gasteiger charge is -2.20. The SMILES string of the molecule is Cc1c(-c2c3ccccc3c(Oc3ccc(C)c4ccccc34)c3ccccc23)ccc2ccccc12. The molecular weight excluding hydrogens is 448 g/mol. The van der Waals surface area contributed by atoms with Crippen molar-refractivity contribution in [2.75, 3.05) is 0 Å². The molecule has 0 radical (unpaired) electrons. The van der Waals surface area contributed by atoms with Crippen LogP contribution in [0.1, 0.15) is 11.1 Å². The summed E-state index contributed by atoms with van der Waals surface area (Å²) >= 11 is 0. The van der Waals surface area contributed by atoms with Gasteiger partial charge in [-0.2, -0.15) is 0 Å². The number of rotatable bonds is 3. The molecule has 7 aromatic carbocycles. The van der Waals surface area contributed by atoms with Gasteiger partial charge in [-0.15, -0.1) is 0 Å². The van der Waals surface area contributed by atoms with Crippen molar-refractivity contribution in [3.8, 4) is 22.6 Å². The number of aryl methyl sites for hydroxylation is 2. The second-order valence-corrected chi connectivity index (χ2v) is 9.78. The largest absolute Gasteiger partial charge is 0.455 e. The van der Waals surface area contributed by atoms with E-state index >= 15 is 0 Å². The molecule has 7 rings (SSSR count). The molecule has 0 amide bonds. The predicted molar refractivity (Wildman–Crippen MR) is 158 cm³/mol. The third kappa shape index (κ3) is 3.39. The molecule has 0 bridgehead atoms. The number of ether oxygens (including phenoxy) is 1. The van der Waals surface area contributed by atoms with Crippen LogP contribution in [0.15, 0.2) is 121 Å². The van der Waals surface area contributed by atoms with Crippen LogP contribution in [0.4, 0.5) is 0 Å². The summed E-state index contributed by atoms with van der Waals surface area (Å²) in [6, 6.07) is 43.2. The Labute approximate surface area is 216 Å². The lowest BCUT2D eigenvalue weighted by molar-refractivity contribution is 0.499. The van der Waals surface area contributed by atoms with Crippen molar-refractivity contribution < 1.29 is 4.74 Å². The van der Waals surface area contributed by atoms with Gasteiger partial charge in [0, 0.05) is 16.2 Å². The zero-order chi connectivity index (χ0) is 24.9. The second kappa shape index (κ2) is 8.50. The first-order valence-corrected chi connectivity index (χ1v) is 12.8. The Morgan fingerprint density at radius 2 is 0.973 bits per heavy atom. The van der Waals surface area contributed by atoms with Gasteiger partial charge in [0.25, 0.3) is 0 Å². The Morgan fingerprint density at radius 3 is 1.65 bits per heavy atom. The molecule has 176 valence electrons. The summed E-state index contributed by atoms with van der Waals surface area (Å²) in [5, 5.41) is 9.55. The molecule has 0 aliphatic carbocycles. The smallest absolute Gasteiger partial charge is 0.143 e. The summed E-state index contributed by atoms with van der Waals surface area (Å²) in [6.07, 6.45) is 0. The molecule has 0 saturated carbocycles. The van der Waals surface area contributed by atoms with Crippen LogP contribution in [0.5, 0.6) is 11.5 Å². The summed E-state index contributed by atoms with van der Waals surface area (Å²) in [4.78, 5) is 0. The van der Waals surface area contributed by atoms with E-state index < -0.39 is 0 Å². The third-order valence-electron chi connectivity index (χ3n) is 7.66. The van der Waals surface area contributed by atoms with Gasteiger partial charge in [-0.05, 0) is 69.1 Å². The fraction of sp³-hybridized carbons (Fsp3) is 0.0556. The van der Waals surface area contributed by atoms with Crippen LogP contribution in [0.2, 0.25) is 0 Å². The van der Waals surface area contributed by atoms with E-state index in [-0.39, 0.29) is 0 Å². The zero-order valence-corrected chi connectivity index (χ0v) is 21.0. The van der Waals surface area contributed by atoms with E-state index in [1.165, 1.54) is 49.2 Å².